The fourth-order valence-electron chi connectivity index (χ4n) is 4.25. The normalized spacial score (nSPS) is 13.7. The Kier molecular flexibility index (Phi) is 10.5. The zero-order chi connectivity index (χ0) is 25.0. The zero-order valence-electron chi connectivity index (χ0n) is 20.8. The van der Waals surface area contributed by atoms with Crippen LogP contribution in [0.3, 0.4) is 0 Å². The van der Waals surface area contributed by atoms with Gasteiger partial charge in [-0.25, -0.2) is 0 Å². The molecular weight excluding hydrogens is 458 g/mol. The molecule has 0 heterocycles. The molecule has 1 aliphatic rings. The Morgan fingerprint density at radius 1 is 0.971 bits per heavy atom. The van der Waals surface area contributed by atoms with Crippen LogP contribution in [0.1, 0.15) is 85.4 Å². The van der Waals surface area contributed by atoms with E-state index in [-0.39, 0.29) is 23.0 Å². The summed E-state index contributed by atoms with van der Waals surface area (Å²) in [7, 11) is 1.75. The number of rotatable bonds is 10. The number of hydrogen-bond acceptors (Lipinski definition) is 4. The maximum atomic E-state index is 13.0. The van der Waals surface area contributed by atoms with Gasteiger partial charge in [0.15, 0.2) is 5.11 Å². The molecule has 3 rings (SSSR count). The first-order valence-electron chi connectivity index (χ1n) is 12.7. The molecule has 2 aromatic rings. The molecule has 1 fully saturated rings. The highest BCUT2D eigenvalue weighted by molar-refractivity contribution is 7.80. The van der Waals surface area contributed by atoms with E-state index >= 15 is 0 Å². The minimum Gasteiger partial charge on any atom is -0.494 e. The van der Waals surface area contributed by atoms with E-state index in [0.29, 0.717) is 23.4 Å². The Morgan fingerprint density at radius 3 is 2.40 bits per heavy atom. The molecule has 1 aliphatic carbocycles. The first kappa shape index (κ1) is 26.7. The van der Waals surface area contributed by atoms with E-state index in [1.54, 1.807) is 42.3 Å². The van der Waals surface area contributed by atoms with Crippen molar-refractivity contribution < 1.29 is 14.3 Å². The molecule has 0 aromatic heterocycles. The van der Waals surface area contributed by atoms with Crippen molar-refractivity contribution >= 4 is 34.8 Å². The molecule has 1 saturated carbocycles. The largest absolute Gasteiger partial charge is 0.494 e. The lowest BCUT2D eigenvalue weighted by Crippen LogP contribution is -2.42. The van der Waals surface area contributed by atoms with Crippen LogP contribution in [0.15, 0.2) is 48.5 Å². The first-order valence-corrected chi connectivity index (χ1v) is 13.1. The van der Waals surface area contributed by atoms with E-state index in [1.165, 1.54) is 19.3 Å². The van der Waals surface area contributed by atoms with Crippen molar-refractivity contribution in [2.75, 3.05) is 18.6 Å². The average molecular weight is 496 g/mol. The van der Waals surface area contributed by atoms with Crippen LogP contribution in [0.5, 0.6) is 5.75 Å². The molecule has 6 nitrogen and oxygen atoms in total. The summed E-state index contributed by atoms with van der Waals surface area (Å²) < 4.78 is 5.75. The van der Waals surface area contributed by atoms with Gasteiger partial charge in [0, 0.05) is 18.7 Å². The third kappa shape index (κ3) is 8.06. The lowest BCUT2D eigenvalue weighted by atomic mass is 9.95. The summed E-state index contributed by atoms with van der Waals surface area (Å²) >= 11 is 5.50. The van der Waals surface area contributed by atoms with E-state index in [2.05, 4.69) is 17.6 Å². The molecule has 0 spiro atoms. The number of nitrogens with zero attached hydrogens (tertiary/aromatic N) is 1. The van der Waals surface area contributed by atoms with Crippen LogP contribution in [-0.4, -0.2) is 36.6 Å². The van der Waals surface area contributed by atoms with E-state index in [9.17, 15) is 9.59 Å². The van der Waals surface area contributed by atoms with Gasteiger partial charge in [0.05, 0.1) is 17.9 Å². The van der Waals surface area contributed by atoms with Gasteiger partial charge in [-0.2, -0.15) is 0 Å². The van der Waals surface area contributed by atoms with E-state index in [4.69, 9.17) is 17.0 Å². The number of carbonyl (C=O) groups is 2. The lowest BCUT2D eigenvalue weighted by Gasteiger charge is -2.26. The third-order valence-corrected chi connectivity index (χ3v) is 6.73. The summed E-state index contributed by atoms with van der Waals surface area (Å²) in [6, 6.07) is 14.6. The van der Waals surface area contributed by atoms with Crippen LogP contribution in [0.4, 0.5) is 5.69 Å². The van der Waals surface area contributed by atoms with Crippen LogP contribution < -0.4 is 20.3 Å². The smallest absolute Gasteiger partial charge is 0.257 e. The predicted molar refractivity (Wildman–Crippen MR) is 145 cm³/mol. The fourth-order valence-corrected chi connectivity index (χ4v) is 4.44. The summed E-state index contributed by atoms with van der Waals surface area (Å²) in [6.45, 7) is 2.86. The maximum Gasteiger partial charge on any atom is 0.257 e. The Balaban J connectivity index is 1.57. The van der Waals surface area contributed by atoms with Crippen LogP contribution >= 0.6 is 12.2 Å². The predicted octanol–water partition coefficient (Wildman–Crippen LogP) is 5.86. The quantitative estimate of drug-likeness (QED) is 0.319. The average Bonchev–Trinajstić information content (AvgIpc) is 2.89. The van der Waals surface area contributed by atoms with Gasteiger partial charge in [0.2, 0.25) is 0 Å². The van der Waals surface area contributed by atoms with Gasteiger partial charge >= 0.3 is 0 Å². The highest BCUT2D eigenvalue weighted by atomic mass is 32.1. The zero-order valence-corrected chi connectivity index (χ0v) is 21.7. The molecule has 0 saturated heterocycles. The summed E-state index contributed by atoms with van der Waals surface area (Å²) in [5.74, 6) is 0.329. The monoisotopic (exact) mass is 495 g/mol. The number of nitrogens with one attached hydrogen (secondary N) is 2. The van der Waals surface area contributed by atoms with E-state index in [1.807, 2.05) is 18.2 Å². The van der Waals surface area contributed by atoms with Gasteiger partial charge in [0.25, 0.3) is 11.8 Å². The second-order valence-electron chi connectivity index (χ2n) is 9.08. The Bertz CT molecular complexity index is 987. The number of hydrogen-bond donors (Lipinski definition) is 2. The lowest BCUT2D eigenvalue weighted by molar-refractivity contribution is 0.0927. The minimum atomic E-state index is -0.305. The maximum absolute atomic E-state index is 13.0. The van der Waals surface area contributed by atoms with Gasteiger partial charge in [-0.1, -0.05) is 57.6 Å². The molecule has 2 amide bonds. The van der Waals surface area contributed by atoms with Crippen LogP contribution in [0.25, 0.3) is 0 Å². The molecule has 2 aromatic carbocycles. The number of unbranched alkanes of at least 4 members (excludes halogenated alkanes) is 3. The summed E-state index contributed by atoms with van der Waals surface area (Å²) in [6.07, 6.45) is 10.1. The standard InChI is InChI=1S/C28H37N3O3S/c1-3-4-5-11-20-34-23-18-16-21(17-19-23)26(32)30-28(35)31(2)25-15-10-9-14-24(25)27(33)29-22-12-7-6-8-13-22/h9-10,14-19,22H,3-8,11-13,20H2,1-2H3,(H,29,33)(H,30,32,35). The molecule has 188 valence electrons. The molecule has 0 bridgehead atoms. The number of anilines is 1. The van der Waals surface area contributed by atoms with Crippen molar-refractivity contribution in [3.05, 3.63) is 59.7 Å². The Morgan fingerprint density at radius 2 is 1.69 bits per heavy atom. The van der Waals surface area contributed by atoms with Crippen molar-refractivity contribution in [2.24, 2.45) is 0 Å². The molecule has 0 unspecified atom stereocenters. The van der Waals surface area contributed by atoms with Crippen molar-refractivity contribution in [3.8, 4) is 5.75 Å². The Labute approximate surface area is 214 Å². The second-order valence-corrected chi connectivity index (χ2v) is 9.46. The summed E-state index contributed by atoms with van der Waals surface area (Å²) in [5.41, 5.74) is 1.68. The van der Waals surface area contributed by atoms with Gasteiger partial charge in [0.1, 0.15) is 5.75 Å². The van der Waals surface area contributed by atoms with E-state index < -0.39 is 0 Å². The SMILES string of the molecule is CCCCCCOc1ccc(C(=O)NC(=S)N(C)c2ccccc2C(=O)NC2CCCCC2)cc1. The number of amides is 2. The van der Waals surface area contributed by atoms with Gasteiger partial charge in [-0.3, -0.25) is 14.9 Å². The van der Waals surface area contributed by atoms with Crippen LogP contribution in [0, 0.1) is 0 Å². The van der Waals surface area contributed by atoms with Crippen molar-refractivity contribution in [1.29, 1.82) is 0 Å². The second kappa shape index (κ2) is 13.8. The van der Waals surface area contributed by atoms with Gasteiger partial charge < -0.3 is 15.0 Å². The van der Waals surface area contributed by atoms with Crippen LogP contribution in [-0.2, 0) is 0 Å². The van der Waals surface area contributed by atoms with Crippen molar-refractivity contribution in [2.45, 2.75) is 70.8 Å². The van der Waals surface area contributed by atoms with Crippen molar-refractivity contribution in [1.82, 2.24) is 10.6 Å². The highest BCUT2D eigenvalue weighted by Gasteiger charge is 2.21. The highest BCUT2D eigenvalue weighted by Crippen LogP contribution is 2.22. The number of para-hydroxylation sites is 1. The summed E-state index contributed by atoms with van der Waals surface area (Å²) in [4.78, 5) is 27.4. The fraction of sp³-hybridized carbons (Fsp3) is 0.464. The molecule has 2 N–H and O–H groups in total. The molecule has 35 heavy (non-hydrogen) atoms. The number of ether oxygens (including phenoxy) is 1. The number of thiocarbonyl (C=S) groups is 1. The van der Waals surface area contributed by atoms with Gasteiger partial charge in [-0.15, -0.1) is 0 Å². The molecule has 0 aliphatic heterocycles. The third-order valence-electron chi connectivity index (χ3n) is 6.36. The molecule has 0 radical (unpaired) electrons. The first-order chi connectivity index (χ1) is 17.0. The molecular formula is C28H37N3O3S. The van der Waals surface area contributed by atoms with Crippen molar-refractivity contribution in [3.63, 3.8) is 0 Å². The number of carbonyl (C=O) groups excluding carboxylic acids is 2. The minimum absolute atomic E-state index is 0.112. The van der Waals surface area contributed by atoms with Gasteiger partial charge in [-0.05, 0) is 67.9 Å². The molecule has 7 heteroatoms. The molecule has 0 atom stereocenters. The van der Waals surface area contributed by atoms with Crippen LogP contribution in [0.2, 0.25) is 0 Å². The number of benzene rings is 2. The topological polar surface area (TPSA) is 70.7 Å². The van der Waals surface area contributed by atoms with E-state index in [0.717, 1.165) is 44.3 Å². The Hall–Kier alpha value is -2.93. The summed E-state index contributed by atoms with van der Waals surface area (Å²) in [5, 5.41) is 6.16.